The molecule has 3 aromatic carbocycles. The Hall–Kier alpha value is -2.50. The third kappa shape index (κ3) is 6.51. The molecule has 3 aromatic rings. The molecule has 1 N–H and O–H groups in total. The van der Waals surface area contributed by atoms with Gasteiger partial charge < -0.3 is 14.6 Å². The SMILES string of the molecule is CC(=O)COc1cccc2c(CCSCC(O)COc3ccccc3)cccc12. The molecule has 0 aliphatic rings. The first-order valence-corrected chi connectivity index (χ1v) is 10.9. The molecule has 0 saturated heterocycles. The highest BCUT2D eigenvalue weighted by molar-refractivity contribution is 7.99. The van der Waals surface area contributed by atoms with E-state index in [1.165, 1.54) is 12.5 Å². The van der Waals surface area contributed by atoms with Crippen molar-refractivity contribution in [2.75, 3.05) is 24.7 Å². The number of ketones is 1. The van der Waals surface area contributed by atoms with E-state index in [1.807, 2.05) is 54.6 Å². The molecule has 0 aromatic heterocycles. The Morgan fingerprint density at radius 3 is 2.52 bits per heavy atom. The zero-order chi connectivity index (χ0) is 20.5. The standard InChI is InChI=1S/C24H26O4S/c1-18(25)15-28-24-12-6-10-22-19(7-5-11-23(22)24)13-14-29-17-20(26)16-27-21-8-3-2-4-9-21/h2-12,20,26H,13-17H2,1H3. The van der Waals surface area contributed by atoms with Gasteiger partial charge in [-0.25, -0.2) is 0 Å². The van der Waals surface area contributed by atoms with Crippen molar-refractivity contribution in [3.63, 3.8) is 0 Å². The van der Waals surface area contributed by atoms with Crippen molar-refractivity contribution >= 4 is 28.3 Å². The van der Waals surface area contributed by atoms with Gasteiger partial charge in [0.2, 0.25) is 0 Å². The number of hydrogen-bond acceptors (Lipinski definition) is 5. The van der Waals surface area contributed by atoms with Crippen molar-refractivity contribution in [2.24, 2.45) is 0 Å². The normalized spacial score (nSPS) is 11.9. The number of aliphatic hydroxyl groups excluding tert-OH is 1. The molecule has 0 aliphatic carbocycles. The molecule has 1 atom stereocenters. The van der Waals surface area contributed by atoms with Gasteiger partial charge in [-0.3, -0.25) is 4.79 Å². The Labute approximate surface area is 175 Å². The highest BCUT2D eigenvalue weighted by Gasteiger charge is 2.09. The van der Waals surface area contributed by atoms with Crippen LogP contribution in [0, 0.1) is 0 Å². The Balaban J connectivity index is 1.50. The first-order valence-electron chi connectivity index (χ1n) is 9.70. The van der Waals surface area contributed by atoms with Crippen LogP contribution in [0.1, 0.15) is 12.5 Å². The number of carbonyl (C=O) groups excluding carboxylic acids is 1. The zero-order valence-electron chi connectivity index (χ0n) is 16.5. The Morgan fingerprint density at radius 1 is 0.966 bits per heavy atom. The van der Waals surface area contributed by atoms with E-state index in [0.717, 1.165) is 34.4 Å². The minimum atomic E-state index is -0.501. The van der Waals surface area contributed by atoms with Crippen molar-refractivity contribution in [1.82, 2.24) is 0 Å². The fourth-order valence-corrected chi connectivity index (χ4v) is 3.93. The van der Waals surface area contributed by atoms with Gasteiger partial charge in [0.15, 0.2) is 5.78 Å². The predicted molar refractivity (Wildman–Crippen MR) is 119 cm³/mol. The van der Waals surface area contributed by atoms with Gasteiger partial charge in [0, 0.05) is 11.1 Å². The average Bonchev–Trinajstić information content (AvgIpc) is 2.74. The number of carbonyl (C=O) groups is 1. The van der Waals surface area contributed by atoms with Gasteiger partial charge in [-0.2, -0.15) is 11.8 Å². The summed E-state index contributed by atoms with van der Waals surface area (Å²) in [4.78, 5) is 11.2. The van der Waals surface area contributed by atoms with Crippen LogP contribution in [-0.4, -0.2) is 41.7 Å². The van der Waals surface area contributed by atoms with Crippen molar-refractivity contribution < 1.29 is 19.4 Å². The summed E-state index contributed by atoms with van der Waals surface area (Å²) in [5, 5.41) is 12.3. The summed E-state index contributed by atoms with van der Waals surface area (Å²) in [5.74, 6) is 3.05. The fraction of sp³-hybridized carbons (Fsp3) is 0.292. The Bertz CT molecular complexity index is 927. The summed E-state index contributed by atoms with van der Waals surface area (Å²) in [5.41, 5.74) is 1.23. The highest BCUT2D eigenvalue weighted by atomic mass is 32.2. The first-order chi connectivity index (χ1) is 14.1. The van der Waals surface area contributed by atoms with E-state index >= 15 is 0 Å². The maximum Gasteiger partial charge on any atom is 0.167 e. The largest absolute Gasteiger partial charge is 0.491 e. The lowest BCUT2D eigenvalue weighted by atomic mass is 10.0. The van der Waals surface area contributed by atoms with Crippen molar-refractivity contribution in [3.8, 4) is 11.5 Å². The summed E-state index contributed by atoms with van der Waals surface area (Å²) >= 11 is 1.71. The van der Waals surface area contributed by atoms with Gasteiger partial charge in [0.1, 0.15) is 24.7 Å². The maximum atomic E-state index is 11.2. The number of hydrogen-bond donors (Lipinski definition) is 1. The predicted octanol–water partition coefficient (Wildman–Crippen LogP) is 4.52. The van der Waals surface area contributed by atoms with Crippen LogP contribution in [0.3, 0.4) is 0 Å². The summed E-state index contributed by atoms with van der Waals surface area (Å²) in [6, 6.07) is 21.6. The van der Waals surface area contributed by atoms with Gasteiger partial charge in [0.25, 0.3) is 0 Å². The van der Waals surface area contributed by atoms with Crippen LogP contribution in [0.15, 0.2) is 66.7 Å². The lowest BCUT2D eigenvalue weighted by Gasteiger charge is -2.13. The molecule has 152 valence electrons. The number of aliphatic hydroxyl groups is 1. The molecular formula is C24H26O4S. The second-order valence-corrected chi connectivity index (χ2v) is 8.01. The van der Waals surface area contributed by atoms with Gasteiger partial charge in [-0.05, 0) is 48.2 Å². The van der Waals surface area contributed by atoms with E-state index in [-0.39, 0.29) is 12.4 Å². The summed E-state index contributed by atoms with van der Waals surface area (Å²) in [6.45, 7) is 1.90. The van der Waals surface area contributed by atoms with Crippen LogP contribution in [0.5, 0.6) is 11.5 Å². The number of rotatable bonds is 11. The lowest BCUT2D eigenvalue weighted by Crippen LogP contribution is -2.20. The van der Waals surface area contributed by atoms with E-state index in [2.05, 4.69) is 12.1 Å². The molecule has 0 saturated carbocycles. The van der Waals surface area contributed by atoms with Crippen molar-refractivity contribution in [2.45, 2.75) is 19.4 Å². The minimum Gasteiger partial charge on any atom is -0.491 e. The third-order valence-corrected chi connectivity index (χ3v) is 5.53. The second kappa shape index (κ2) is 10.9. The fourth-order valence-electron chi connectivity index (χ4n) is 3.03. The second-order valence-electron chi connectivity index (χ2n) is 6.86. The zero-order valence-corrected chi connectivity index (χ0v) is 17.4. The van der Waals surface area contributed by atoms with Crippen molar-refractivity contribution in [1.29, 1.82) is 0 Å². The first kappa shape index (κ1) is 21.2. The number of thioether (sulfide) groups is 1. The molecular weight excluding hydrogens is 384 g/mol. The molecule has 4 nitrogen and oxygen atoms in total. The molecule has 0 bridgehead atoms. The smallest absolute Gasteiger partial charge is 0.167 e. The molecule has 29 heavy (non-hydrogen) atoms. The molecule has 0 aliphatic heterocycles. The molecule has 0 fully saturated rings. The van der Waals surface area contributed by atoms with E-state index in [0.29, 0.717) is 12.4 Å². The number of ether oxygens (including phenoxy) is 2. The van der Waals surface area contributed by atoms with Gasteiger partial charge in [-0.1, -0.05) is 48.5 Å². The number of para-hydroxylation sites is 1. The molecule has 5 heteroatoms. The van der Waals surface area contributed by atoms with E-state index in [1.54, 1.807) is 11.8 Å². The monoisotopic (exact) mass is 410 g/mol. The van der Waals surface area contributed by atoms with Gasteiger partial charge in [-0.15, -0.1) is 0 Å². The van der Waals surface area contributed by atoms with E-state index < -0.39 is 6.10 Å². The van der Waals surface area contributed by atoms with Crippen LogP contribution in [0.2, 0.25) is 0 Å². The third-order valence-electron chi connectivity index (χ3n) is 4.41. The summed E-state index contributed by atoms with van der Waals surface area (Å²) in [7, 11) is 0. The van der Waals surface area contributed by atoms with Crippen LogP contribution in [-0.2, 0) is 11.2 Å². The summed E-state index contributed by atoms with van der Waals surface area (Å²) < 4.78 is 11.2. The molecule has 0 radical (unpaired) electrons. The summed E-state index contributed by atoms with van der Waals surface area (Å²) in [6.07, 6.45) is 0.393. The van der Waals surface area contributed by atoms with Crippen LogP contribution in [0.25, 0.3) is 10.8 Å². The van der Waals surface area contributed by atoms with Gasteiger partial charge in [0.05, 0.1) is 6.10 Å². The van der Waals surface area contributed by atoms with E-state index in [9.17, 15) is 9.90 Å². The average molecular weight is 411 g/mol. The quantitative estimate of drug-likeness (QED) is 0.471. The highest BCUT2D eigenvalue weighted by Crippen LogP contribution is 2.29. The molecule has 1 unspecified atom stereocenters. The van der Waals surface area contributed by atoms with Crippen LogP contribution in [0.4, 0.5) is 0 Å². The number of aryl methyl sites for hydroxylation is 1. The number of benzene rings is 3. The number of fused-ring (bicyclic) bond motifs is 1. The molecule has 0 heterocycles. The van der Waals surface area contributed by atoms with Gasteiger partial charge >= 0.3 is 0 Å². The lowest BCUT2D eigenvalue weighted by molar-refractivity contribution is -0.118. The van der Waals surface area contributed by atoms with Crippen molar-refractivity contribution in [3.05, 3.63) is 72.3 Å². The molecule has 0 spiro atoms. The minimum absolute atomic E-state index is 0.00404. The van der Waals surface area contributed by atoms with E-state index in [4.69, 9.17) is 9.47 Å². The van der Waals surface area contributed by atoms with Crippen LogP contribution < -0.4 is 9.47 Å². The molecule has 0 amide bonds. The molecule has 3 rings (SSSR count). The maximum absolute atomic E-state index is 11.2. The Kier molecular flexibility index (Phi) is 7.96. The topological polar surface area (TPSA) is 55.8 Å². The Morgan fingerprint density at radius 2 is 1.72 bits per heavy atom. The number of Topliss-reactive ketones (excluding diaryl/α,β-unsaturated/α-hetero) is 1. The van der Waals surface area contributed by atoms with Crippen LogP contribution >= 0.6 is 11.8 Å².